The number of rotatable bonds is 1. The summed E-state index contributed by atoms with van der Waals surface area (Å²) < 4.78 is 11.2. The zero-order chi connectivity index (χ0) is 10.5. The third-order valence-electron chi connectivity index (χ3n) is 2.28. The van der Waals surface area contributed by atoms with Crippen molar-refractivity contribution in [2.45, 2.75) is 0 Å². The van der Waals surface area contributed by atoms with E-state index in [1.807, 2.05) is 24.3 Å². The highest BCUT2D eigenvalue weighted by Gasteiger charge is 2.22. The monoisotopic (exact) mass is 206 g/mol. The van der Waals surface area contributed by atoms with Crippen LogP contribution in [0, 0.1) is 0 Å². The summed E-state index contributed by atoms with van der Waals surface area (Å²) in [5.41, 5.74) is 7.43. The molecule has 0 unspecified atom stereocenters. The van der Waals surface area contributed by atoms with E-state index in [0.29, 0.717) is 13.2 Å². The van der Waals surface area contributed by atoms with Gasteiger partial charge in [-0.25, -0.2) is 0 Å². The summed E-state index contributed by atoms with van der Waals surface area (Å²) in [4.78, 5) is 0. The fourth-order valence-electron chi connectivity index (χ4n) is 1.55. The Bertz CT molecular complexity index is 314. The van der Waals surface area contributed by atoms with Crippen molar-refractivity contribution < 1.29 is 9.31 Å². The minimum Gasteiger partial charge on any atom is -0.406 e. The van der Waals surface area contributed by atoms with Crippen LogP contribution in [0.25, 0.3) is 0 Å². The molecule has 80 valence electrons. The molecule has 0 radical (unpaired) electrons. The molecule has 5 heteroatoms. The first-order valence-corrected chi connectivity index (χ1v) is 5.15. The number of hydrogen-bond donors (Lipinski definition) is 2. The Morgan fingerprint density at radius 3 is 2.60 bits per heavy atom. The van der Waals surface area contributed by atoms with E-state index in [2.05, 4.69) is 5.32 Å². The van der Waals surface area contributed by atoms with Crippen LogP contribution in [0.15, 0.2) is 24.3 Å². The van der Waals surface area contributed by atoms with Crippen LogP contribution in [0.5, 0.6) is 0 Å². The molecule has 0 atom stereocenters. The average Bonchev–Trinajstić information content (AvgIpc) is 2.16. The van der Waals surface area contributed by atoms with Crippen molar-refractivity contribution in [1.29, 1.82) is 0 Å². The predicted molar refractivity (Wildman–Crippen MR) is 61.0 cm³/mol. The third-order valence-corrected chi connectivity index (χ3v) is 2.28. The lowest BCUT2D eigenvalue weighted by atomic mass is 9.78. The van der Waals surface area contributed by atoms with Crippen molar-refractivity contribution in [2.24, 2.45) is 0 Å². The second kappa shape index (κ2) is 5.16. The van der Waals surface area contributed by atoms with Crippen molar-refractivity contribution in [1.82, 2.24) is 5.32 Å². The van der Waals surface area contributed by atoms with Crippen molar-refractivity contribution in [3.63, 3.8) is 0 Å². The number of benzene rings is 1. The van der Waals surface area contributed by atoms with Gasteiger partial charge < -0.3 is 20.4 Å². The molecular formula is C10H15BN2O2. The maximum atomic E-state index is 5.71. The van der Waals surface area contributed by atoms with Gasteiger partial charge in [-0.15, -0.1) is 0 Å². The topological polar surface area (TPSA) is 56.5 Å². The van der Waals surface area contributed by atoms with Gasteiger partial charge in [0, 0.05) is 32.0 Å². The van der Waals surface area contributed by atoms with Crippen LogP contribution in [-0.4, -0.2) is 33.4 Å². The Hall–Kier alpha value is -1.04. The molecule has 1 fully saturated rings. The van der Waals surface area contributed by atoms with E-state index in [0.717, 1.165) is 24.2 Å². The molecule has 0 spiro atoms. The Kier molecular flexibility index (Phi) is 3.61. The number of nitrogen functional groups attached to an aromatic ring is 1. The lowest BCUT2D eigenvalue weighted by molar-refractivity contribution is 0.187. The molecule has 1 aromatic rings. The minimum atomic E-state index is -0.282. The molecule has 1 heterocycles. The highest BCUT2D eigenvalue weighted by molar-refractivity contribution is 6.61. The third kappa shape index (κ3) is 2.96. The van der Waals surface area contributed by atoms with E-state index < -0.39 is 0 Å². The Labute approximate surface area is 89.9 Å². The number of hydrogen-bond acceptors (Lipinski definition) is 4. The zero-order valence-corrected chi connectivity index (χ0v) is 8.61. The molecule has 0 aromatic heterocycles. The van der Waals surface area contributed by atoms with Gasteiger partial charge in [-0.3, -0.25) is 0 Å². The maximum Gasteiger partial charge on any atom is 0.494 e. The fraction of sp³-hybridized carbons (Fsp3) is 0.400. The molecule has 0 bridgehead atoms. The highest BCUT2D eigenvalue weighted by Crippen LogP contribution is 2.01. The second-order valence-electron chi connectivity index (χ2n) is 3.49. The lowest BCUT2D eigenvalue weighted by Crippen LogP contribution is -2.43. The van der Waals surface area contributed by atoms with Crippen molar-refractivity contribution in [3.05, 3.63) is 24.3 Å². The van der Waals surface area contributed by atoms with Gasteiger partial charge in [0.25, 0.3) is 0 Å². The van der Waals surface area contributed by atoms with Gasteiger partial charge in [-0.05, 0) is 17.6 Å². The summed E-state index contributed by atoms with van der Waals surface area (Å²) in [5.74, 6) is 0. The van der Waals surface area contributed by atoms with Crippen LogP contribution < -0.4 is 16.5 Å². The Morgan fingerprint density at radius 1 is 1.20 bits per heavy atom. The van der Waals surface area contributed by atoms with E-state index >= 15 is 0 Å². The van der Waals surface area contributed by atoms with Crippen LogP contribution in [0.1, 0.15) is 0 Å². The Balaban J connectivity index is 2.06. The standard InChI is InChI=1S/C10H15BN2O2/c12-10-3-1-2-9(8-10)11-14-6-4-13-5-7-15-11/h1-3,8,13H,4-7,12H2. The molecule has 4 nitrogen and oxygen atoms in total. The molecule has 2 rings (SSSR count). The first-order valence-electron chi connectivity index (χ1n) is 5.15. The second-order valence-corrected chi connectivity index (χ2v) is 3.49. The number of nitrogens with one attached hydrogen (secondary N) is 1. The summed E-state index contributed by atoms with van der Waals surface area (Å²) in [7, 11) is -0.282. The van der Waals surface area contributed by atoms with Crippen molar-refractivity contribution >= 4 is 18.3 Å². The normalized spacial score (nSPS) is 18.3. The molecule has 3 N–H and O–H groups in total. The zero-order valence-electron chi connectivity index (χ0n) is 8.61. The summed E-state index contributed by atoms with van der Waals surface area (Å²) in [5, 5.41) is 3.20. The van der Waals surface area contributed by atoms with E-state index in [9.17, 15) is 0 Å². The Morgan fingerprint density at radius 2 is 1.93 bits per heavy atom. The van der Waals surface area contributed by atoms with E-state index in [4.69, 9.17) is 15.0 Å². The van der Waals surface area contributed by atoms with Crippen LogP contribution in [0.3, 0.4) is 0 Å². The first-order chi connectivity index (χ1) is 7.36. The van der Waals surface area contributed by atoms with Gasteiger partial charge in [-0.2, -0.15) is 0 Å². The number of anilines is 1. The van der Waals surface area contributed by atoms with Crippen LogP contribution in [0.4, 0.5) is 5.69 Å². The predicted octanol–water partition coefficient (Wildman–Crippen LogP) is -0.400. The minimum absolute atomic E-state index is 0.282. The largest absolute Gasteiger partial charge is 0.494 e. The van der Waals surface area contributed by atoms with Gasteiger partial charge in [0.15, 0.2) is 0 Å². The molecular weight excluding hydrogens is 191 g/mol. The van der Waals surface area contributed by atoms with Gasteiger partial charge in [0.05, 0.1) is 0 Å². The van der Waals surface area contributed by atoms with Gasteiger partial charge >= 0.3 is 7.12 Å². The molecule has 0 amide bonds. The number of nitrogens with two attached hydrogens (primary N) is 1. The molecule has 1 aliphatic heterocycles. The molecule has 1 aliphatic rings. The molecule has 15 heavy (non-hydrogen) atoms. The average molecular weight is 206 g/mol. The van der Waals surface area contributed by atoms with E-state index in [1.165, 1.54) is 0 Å². The molecule has 1 aromatic carbocycles. The van der Waals surface area contributed by atoms with Gasteiger partial charge in [0.2, 0.25) is 0 Å². The van der Waals surface area contributed by atoms with Crippen molar-refractivity contribution in [2.75, 3.05) is 32.0 Å². The summed E-state index contributed by atoms with van der Waals surface area (Å²) in [6.07, 6.45) is 0. The van der Waals surface area contributed by atoms with E-state index in [1.54, 1.807) is 0 Å². The van der Waals surface area contributed by atoms with E-state index in [-0.39, 0.29) is 7.12 Å². The highest BCUT2D eigenvalue weighted by atomic mass is 16.6. The maximum absolute atomic E-state index is 5.71. The smallest absolute Gasteiger partial charge is 0.406 e. The summed E-state index contributed by atoms with van der Waals surface area (Å²) in [6, 6.07) is 7.62. The summed E-state index contributed by atoms with van der Waals surface area (Å²) >= 11 is 0. The van der Waals surface area contributed by atoms with Crippen LogP contribution in [-0.2, 0) is 9.31 Å². The summed E-state index contributed by atoms with van der Waals surface area (Å²) in [6.45, 7) is 3.03. The van der Waals surface area contributed by atoms with Crippen molar-refractivity contribution in [3.8, 4) is 0 Å². The van der Waals surface area contributed by atoms with Gasteiger partial charge in [0.1, 0.15) is 0 Å². The van der Waals surface area contributed by atoms with Crippen LogP contribution >= 0.6 is 0 Å². The van der Waals surface area contributed by atoms with Gasteiger partial charge in [-0.1, -0.05) is 12.1 Å². The van der Waals surface area contributed by atoms with Crippen LogP contribution in [0.2, 0.25) is 0 Å². The SMILES string of the molecule is Nc1cccc(B2OCCNCCO2)c1. The fourth-order valence-corrected chi connectivity index (χ4v) is 1.55. The quantitative estimate of drug-likeness (QED) is 0.485. The molecule has 1 saturated heterocycles. The lowest BCUT2D eigenvalue weighted by Gasteiger charge is -2.18. The first kappa shape index (κ1) is 10.5. The molecule has 0 aliphatic carbocycles. The molecule has 0 saturated carbocycles.